The molecule has 0 radical (unpaired) electrons. The Morgan fingerprint density at radius 3 is 2.28 bits per heavy atom. The highest BCUT2D eigenvalue weighted by Gasteiger charge is 2.33. The minimum Gasteiger partial charge on any atom is -0.338 e. The predicted octanol–water partition coefficient (Wildman–Crippen LogP) is 4.28. The van der Waals surface area contributed by atoms with E-state index in [4.69, 9.17) is 0 Å². The Labute approximate surface area is 171 Å². The standard InChI is InChI=1S/C22H25FN2O3S/c23-19-7-11-21(12-8-19)29(27,28)24-20-9-5-17(6-10-20)22(26)25-14-13-16-3-1-2-4-18(16)15-25/h5-12,16,18,24H,1-4,13-15H2/t16-,18-/m0/s1. The lowest BCUT2D eigenvalue weighted by molar-refractivity contribution is 0.0521. The van der Waals surface area contributed by atoms with E-state index in [2.05, 4.69) is 4.72 Å². The van der Waals surface area contributed by atoms with E-state index in [-0.39, 0.29) is 10.8 Å². The number of nitrogens with zero attached hydrogens (tertiary/aromatic N) is 1. The van der Waals surface area contributed by atoms with Crippen molar-refractivity contribution in [3.63, 3.8) is 0 Å². The zero-order valence-electron chi connectivity index (χ0n) is 16.2. The van der Waals surface area contributed by atoms with Crippen LogP contribution < -0.4 is 4.72 Å². The third-order valence-corrected chi connectivity index (χ3v) is 7.48. The van der Waals surface area contributed by atoms with Crippen LogP contribution in [0.4, 0.5) is 10.1 Å². The molecule has 2 aromatic carbocycles. The molecule has 1 heterocycles. The molecule has 0 bridgehead atoms. The van der Waals surface area contributed by atoms with Crippen LogP contribution in [0.15, 0.2) is 53.4 Å². The van der Waals surface area contributed by atoms with Gasteiger partial charge in [0.15, 0.2) is 0 Å². The summed E-state index contributed by atoms with van der Waals surface area (Å²) in [6, 6.07) is 11.1. The summed E-state index contributed by atoms with van der Waals surface area (Å²) in [7, 11) is -3.81. The quantitative estimate of drug-likeness (QED) is 0.809. The largest absolute Gasteiger partial charge is 0.338 e. The highest BCUT2D eigenvalue weighted by atomic mass is 32.2. The summed E-state index contributed by atoms with van der Waals surface area (Å²) in [5.41, 5.74) is 0.917. The lowest BCUT2D eigenvalue weighted by Gasteiger charge is -2.41. The van der Waals surface area contributed by atoms with Gasteiger partial charge in [-0.3, -0.25) is 9.52 Å². The summed E-state index contributed by atoms with van der Waals surface area (Å²) in [4.78, 5) is 14.8. The molecule has 1 aliphatic carbocycles. The van der Waals surface area contributed by atoms with Crippen LogP contribution in [0.5, 0.6) is 0 Å². The first-order chi connectivity index (χ1) is 13.9. The van der Waals surface area contributed by atoms with Gasteiger partial charge in [-0.2, -0.15) is 0 Å². The van der Waals surface area contributed by atoms with Crippen LogP contribution in [0.2, 0.25) is 0 Å². The first-order valence-electron chi connectivity index (χ1n) is 10.1. The molecule has 154 valence electrons. The molecule has 1 saturated carbocycles. The van der Waals surface area contributed by atoms with Gasteiger partial charge in [-0.15, -0.1) is 0 Å². The van der Waals surface area contributed by atoms with E-state index >= 15 is 0 Å². The van der Waals surface area contributed by atoms with Crippen molar-refractivity contribution >= 4 is 21.6 Å². The van der Waals surface area contributed by atoms with Gasteiger partial charge in [-0.25, -0.2) is 12.8 Å². The average molecular weight is 417 g/mol. The van der Waals surface area contributed by atoms with Crippen LogP contribution >= 0.6 is 0 Å². The molecule has 0 aromatic heterocycles. The molecule has 1 aliphatic heterocycles. The molecular weight excluding hydrogens is 391 g/mol. The number of nitrogens with one attached hydrogen (secondary N) is 1. The maximum Gasteiger partial charge on any atom is 0.261 e. The number of anilines is 1. The summed E-state index contributed by atoms with van der Waals surface area (Å²) in [6.07, 6.45) is 6.14. The van der Waals surface area contributed by atoms with Crippen molar-refractivity contribution in [1.82, 2.24) is 4.90 Å². The molecule has 0 unspecified atom stereocenters. The lowest BCUT2D eigenvalue weighted by Crippen LogP contribution is -2.44. The minimum absolute atomic E-state index is 0.00182. The van der Waals surface area contributed by atoms with E-state index in [0.29, 0.717) is 17.2 Å². The van der Waals surface area contributed by atoms with E-state index in [1.807, 2.05) is 4.90 Å². The third kappa shape index (κ3) is 4.45. The first-order valence-corrected chi connectivity index (χ1v) is 11.6. The fourth-order valence-corrected chi connectivity index (χ4v) is 5.54. The lowest BCUT2D eigenvalue weighted by atomic mass is 9.75. The molecule has 2 aromatic rings. The molecule has 5 nitrogen and oxygen atoms in total. The SMILES string of the molecule is O=C(c1ccc(NS(=O)(=O)c2ccc(F)cc2)cc1)N1CC[C@@H]2CCCC[C@H]2C1. The second-order valence-electron chi connectivity index (χ2n) is 7.98. The van der Waals surface area contributed by atoms with Crippen LogP contribution in [0.25, 0.3) is 0 Å². The molecular formula is C22H25FN2O3S. The number of amides is 1. The zero-order valence-corrected chi connectivity index (χ0v) is 17.0. The van der Waals surface area contributed by atoms with Gasteiger partial charge in [-0.1, -0.05) is 19.3 Å². The van der Waals surface area contributed by atoms with Gasteiger partial charge in [0.2, 0.25) is 0 Å². The topological polar surface area (TPSA) is 66.5 Å². The molecule has 29 heavy (non-hydrogen) atoms. The monoisotopic (exact) mass is 416 g/mol. The van der Waals surface area contributed by atoms with Gasteiger partial charge in [0.1, 0.15) is 5.82 Å². The summed E-state index contributed by atoms with van der Waals surface area (Å²) in [6.45, 7) is 1.61. The Bertz CT molecular complexity index is 974. The van der Waals surface area contributed by atoms with Crippen molar-refractivity contribution in [3.05, 3.63) is 59.9 Å². The number of halogens is 1. The Morgan fingerprint density at radius 2 is 1.59 bits per heavy atom. The smallest absolute Gasteiger partial charge is 0.261 e. The van der Waals surface area contributed by atoms with Crippen molar-refractivity contribution in [3.8, 4) is 0 Å². The van der Waals surface area contributed by atoms with E-state index < -0.39 is 15.8 Å². The fourth-order valence-electron chi connectivity index (χ4n) is 4.48. The van der Waals surface area contributed by atoms with Crippen LogP contribution in [-0.2, 0) is 10.0 Å². The molecule has 2 atom stereocenters. The number of sulfonamides is 1. The number of hydrogen-bond donors (Lipinski definition) is 1. The minimum atomic E-state index is -3.81. The third-order valence-electron chi connectivity index (χ3n) is 6.09. The van der Waals surface area contributed by atoms with E-state index in [0.717, 1.165) is 37.6 Å². The van der Waals surface area contributed by atoms with Gasteiger partial charge >= 0.3 is 0 Å². The summed E-state index contributed by atoms with van der Waals surface area (Å²) in [5.74, 6) is 0.880. The zero-order chi connectivity index (χ0) is 20.4. The van der Waals surface area contributed by atoms with E-state index in [9.17, 15) is 17.6 Å². The number of rotatable bonds is 4. The van der Waals surface area contributed by atoms with Gasteiger partial charge in [0.25, 0.3) is 15.9 Å². The predicted molar refractivity (Wildman–Crippen MR) is 110 cm³/mol. The van der Waals surface area contributed by atoms with Crippen LogP contribution in [0, 0.1) is 17.7 Å². The number of piperidine rings is 1. The van der Waals surface area contributed by atoms with Crippen LogP contribution in [-0.4, -0.2) is 32.3 Å². The highest BCUT2D eigenvalue weighted by molar-refractivity contribution is 7.92. The number of likely N-dealkylation sites (tertiary alicyclic amines) is 1. The van der Waals surface area contributed by atoms with Crippen molar-refractivity contribution in [2.24, 2.45) is 11.8 Å². The molecule has 1 amide bonds. The van der Waals surface area contributed by atoms with Gasteiger partial charge in [-0.05, 0) is 73.2 Å². The average Bonchev–Trinajstić information content (AvgIpc) is 2.73. The van der Waals surface area contributed by atoms with Gasteiger partial charge in [0, 0.05) is 24.3 Å². The molecule has 1 saturated heterocycles. The van der Waals surface area contributed by atoms with E-state index in [1.54, 1.807) is 24.3 Å². The number of fused-ring (bicyclic) bond motifs is 1. The Kier molecular flexibility index (Phi) is 5.58. The van der Waals surface area contributed by atoms with Crippen molar-refractivity contribution in [2.75, 3.05) is 17.8 Å². The number of hydrogen-bond acceptors (Lipinski definition) is 3. The van der Waals surface area contributed by atoms with Gasteiger partial charge < -0.3 is 4.90 Å². The molecule has 2 aliphatic rings. The van der Waals surface area contributed by atoms with Crippen molar-refractivity contribution < 1.29 is 17.6 Å². The Morgan fingerprint density at radius 1 is 0.931 bits per heavy atom. The van der Waals surface area contributed by atoms with Gasteiger partial charge in [0.05, 0.1) is 4.90 Å². The maximum atomic E-state index is 13.0. The summed E-state index contributed by atoms with van der Waals surface area (Å²) < 4.78 is 40.3. The second-order valence-corrected chi connectivity index (χ2v) is 9.66. The number of benzene rings is 2. The normalized spacial score (nSPS) is 22.0. The molecule has 0 spiro atoms. The van der Waals surface area contributed by atoms with Crippen LogP contribution in [0.3, 0.4) is 0 Å². The molecule has 4 rings (SSSR count). The van der Waals surface area contributed by atoms with Crippen molar-refractivity contribution in [2.45, 2.75) is 37.0 Å². The molecule has 1 N–H and O–H groups in total. The van der Waals surface area contributed by atoms with Crippen LogP contribution in [0.1, 0.15) is 42.5 Å². The summed E-state index contributed by atoms with van der Waals surface area (Å²) >= 11 is 0. The van der Waals surface area contributed by atoms with E-state index in [1.165, 1.54) is 37.8 Å². The first kappa shape index (κ1) is 19.9. The highest BCUT2D eigenvalue weighted by Crippen LogP contribution is 2.36. The molecule has 2 fully saturated rings. The summed E-state index contributed by atoms with van der Waals surface area (Å²) in [5, 5.41) is 0. The molecule has 7 heteroatoms. The fraction of sp³-hybridized carbons (Fsp3) is 0.409. The number of carbonyl (C=O) groups excluding carboxylic acids is 1. The second kappa shape index (κ2) is 8.14. The Hall–Kier alpha value is -2.41. The number of carbonyl (C=O) groups is 1. The maximum absolute atomic E-state index is 13.0. The van der Waals surface area contributed by atoms with Crippen molar-refractivity contribution in [1.29, 1.82) is 0 Å². The Balaban J connectivity index is 1.42.